The Kier molecular flexibility index (Phi) is 6.15. The van der Waals surface area contributed by atoms with Crippen LogP contribution in [0.5, 0.6) is 5.75 Å². The Morgan fingerprint density at radius 1 is 1.00 bits per heavy atom. The summed E-state index contributed by atoms with van der Waals surface area (Å²) in [4.78, 5) is 0. The fourth-order valence-electron chi connectivity index (χ4n) is 2.57. The second kappa shape index (κ2) is 8.12. The van der Waals surface area contributed by atoms with E-state index in [0.29, 0.717) is 25.4 Å². The standard InChI is InChI=1S/C16H25NO3/c1-18-11-12-20-16-9-5-14(6-10-16)17-13-3-7-15(19-2)8-4-13/h5-6,9-10,13,15,17H,3-4,7-8,11-12H2,1-2H3. The second-order valence-corrected chi connectivity index (χ2v) is 5.22. The van der Waals surface area contributed by atoms with Crippen molar-refractivity contribution < 1.29 is 14.2 Å². The van der Waals surface area contributed by atoms with Crippen LogP contribution in [0.25, 0.3) is 0 Å². The first-order chi connectivity index (χ1) is 9.81. The third-order valence-corrected chi connectivity index (χ3v) is 3.79. The molecule has 1 N–H and O–H groups in total. The van der Waals surface area contributed by atoms with E-state index in [1.54, 1.807) is 14.2 Å². The number of methoxy groups -OCH3 is 2. The summed E-state index contributed by atoms with van der Waals surface area (Å²) in [5.41, 5.74) is 1.16. The normalized spacial score (nSPS) is 22.5. The maximum Gasteiger partial charge on any atom is 0.119 e. The van der Waals surface area contributed by atoms with Crippen LogP contribution in [0.4, 0.5) is 5.69 Å². The van der Waals surface area contributed by atoms with E-state index in [4.69, 9.17) is 14.2 Å². The van der Waals surface area contributed by atoms with Gasteiger partial charge < -0.3 is 19.5 Å². The molecule has 4 heteroatoms. The van der Waals surface area contributed by atoms with Crippen LogP contribution < -0.4 is 10.1 Å². The predicted molar refractivity (Wildman–Crippen MR) is 80.5 cm³/mol. The fraction of sp³-hybridized carbons (Fsp3) is 0.625. The molecule has 20 heavy (non-hydrogen) atoms. The highest BCUT2D eigenvalue weighted by Crippen LogP contribution is 2.24. The molecule has 1 aliphatic carbocycles. The van der Waals surface area contributed by atoms with Gasteiger partial charge in [-0.25, -0.2) is 0 Å². The lowest BCUT2D eigenvalue weighted by Gasteiger charge is -2.28. The summed E-state index contributed by atoms with van der Waals surface area (Å²) >= 11 is 0. The zero-order valence-electron chi connectivity index (χ0n) is 12.4. The van der Waals surface area contributed by atoms with Crippen LogP contribution >= 0.6 is 0 Å². The topological polar surface area (TPSA) is 39.7 Å². The van der Waals surface area contributed by atoms with Crippen LogP contribution in [0, 0.1) is 0 Å². The summed E-state index contributed by atoms with van der Waals surface area (Å²) in [6, 6.07) is 8.70. The van der Waals surface area contributed by atoms with E-state index >= 15 is 0 Å². The largest absolute Gasteiger partial charge is 0.491 e. The molecule has 1 saturated carbocycles. The molecule has 112 valence electrons. The van der Waals surface area contributed by atoms with Gasteiger partial charge in [-0.3, -0.25) is 0 Å². The monoisotopic (exact) mass is 279 g/mol. The second-order valence-electron chi connectivity index (χ2n) is 5.22. The van der Waals surface area contributed by atoms with Crippen LogP contribution in [0.2, 0.25) is 0 Å². The maximum absolute atomic E-state index is 5.55. The zero-order chi connectivity index (χ0) is 14.2. The molecule has 0 saturated heterocycles. The van der Waals surface area contributed by atoms with Crippen molar-refractivity contribution in [3.63, 3.8) is 0 Å². The lowest BCUT2D eigenvalue weighted by molar-refractivity contribution is 0.0682. The van der Waals surface area contributed by atoms with Crippen LogP contribution in [0.1, 0.15) is 25.7 Å². The number of hydrogen-bond donors (Lipinski definition) is 1. The molecule has 0 atom stereocenters. The van der Waals surface area contributed by atoms with Crippen LogP contribution in [-0.4, -0.2) is 39.6 Å². The van der Waals surface area contributed by atoms with E-state index in [-0.39, 0.29) is 0 Å². The molecular weight excluding hydrogens is 254 g/mol. The van der Waals surface area contributed by atoms with Crippen molar-refractivity contribution in [3.8, 4) is 5.75 Å². The van der Waals surface area contributed by atoms with Crippen LogP contribution in [0.15, 0.2) is 24.3 Å². The minimum atomic E-state index is 0.449. The first kappa shape index (κ1) is 15.1. The Hall–Kier alpha value is -1.26. The highest BCUT2D eigenvalue weighted by Gasteiger charge is 2.20. The van der Waals surface area contributed by atoms with Crippen LogP contribution in [-0.2, 0) is 9.47 Å². The van der Waals surface area contributed by atoms with E-state index < -0.39 is 0 Å². The molecule has 0 aromatic heterocycles. The first-order valence-corrected chi connectivity index (χ1v) is 7.33. The molecule has 0 amide bonds. The van der Waals surface area contributed by atoms with Crippen molar-refractivity contribution in [3.05, 3.63) is 24.3 Å². The number of anilines is 1. The van der Waals surface area contributed by atoms with E-state index in [1.807, 2.05) is 12.1 Å². The van der Waals surface area contributed by atoms with Gasteiger partial charge in [0.05, 0.1) is 12.7 Å². The third kappa shape index (κ3) is 4.69. The predicted octanol–water partition coefficient (Wildman–Crippen LogP) is 3.08. The molecule has 2 rings (SSSR count). The summed E-state index contributed by atoms with van der Waals surface area (Å²) in [5, 5.41) is 3.58. The fourth-order valence-corrected chi connectivity index (χ4v) is 2.57. The average Bonchev–Trinajstić information content (AvgIpc) is 2.50. The van der Waals surface area contributed by atoms with E-state index in [1.165, 1.54) is 12.8 Å². The lowest BCUT2D eigenvalue weighted by Crippen LogP contribution is -2.29. The van der Waals surface area contributed by atoms with Crippen molar-refractivity contribution in [1.82, 2.24) is 0 Å². The molecule has 0 aliphatic heterocycles. The van der Waals surface area contributed by atoms with Crippen molar-refractivity contribution in [1.29, 1.82) is 0 Å². The van der Waals surface area contributed by atoms with Gasteiger partial charge in [0, 0.05) is 25.9 Å². The number of rotatable bonds is 7. The Morgan fingerprint density at radius 3 is 2.30 bits per heavy atom. The molecular formula is C16H25NO3. The summed E-state index contributed by atoms with van der Waals surface area (Å²) in [5.74, 6) is 0.885. The molecule has 1 aromatic rings. The molecule has 4 nitrogen and oxygen atoms in total. The number of nitrogens with one attached hydrogen (secondary N) is 1. The van der Waals surface area contributed by atoms with Gasteiger partial charge in [-0.05, 0) is 49.9 Å². The number of benzene rings is 1. The van der Waals surface area contributed by atoms with E-state index in [9.17, 15) is 0 Å². The number of ether oxygens (including phenoxy) is 3. The smallest absolute Gasteiger partial charge is 0.119 e. The third-order valence-electron chi connectivity index (χ3n) is 3.79. The van der Waals surface area contributed by atoms with Crippen molar-refractivity contribution >= 4 is 5.69 Å². The quantitative estimate of drug-likeness (QED) is 0.779. The Labute approximate surface area is 121 Å². The molecule has 1 fully saturated rings. The molecule has 0 unspecified atom stereocenters. The SMILES string of the molecule is COCCOc1ccc(NC2CCC(OC)CC2)cc1. The van der Waals surface area contributed by atoms with Gasteiger partial charge in [-0.15, -0.1) is 0 Å². The summed E-state index contributed by atoms with van der Waals surface area (Å²) in [7, 11) is 3.48. The van der Waals surface area contributed by atoms with Gasteiger partial charge in [0.2, 0.25) is 0 Å². The minimum Gasteiger partial charge on any atom is -0.491 e. The molecule has 1 aliphatic rings. The van der Waals surface area contributed by atoms with Gasteiger partial charge in [-0.2, -0.15) is 0 Å². The summed E-state index contributed by atoms with van der Waals surface area (Å²) in [6.07, 6.45) is 5.08. The summed E-state index contributed by atoms with van der Waals surface area (Å²) < 4.78 is 15.9. The van der Waals surface area contributed by atoms with Crippen molar-refractivity contribution in [2.45, 2.75) is 37.8 Å². The highest BCUT2D eigenvalue weighted by atomic mass is 16.5. The molecule has 0 radical (unpaired) electrons. The minimum absolute atomic E-state index is 0.449. The molecule has 0 bridgehead atoms. The summed E-state index contributed by atoms with van der Waals surface area (Å²) in [6.45, 7) is 1.20. The highest BCUT2D eigenvalue weighted by molar-refractivity contribution is 5.47. The van der Waals surface area contributed by atoms with Crippen molar-refractivity contribution in [2.75, 3.05) is 32.8 Å². The van der Waals surface area contributed by atoms with Gasteiger partial charge in [0.15, 0.2) is 0 Å². The van der Waals surface area contributed by atoms with E-state index in [2.05, 4.69) is 17.4 Å². The van der Waals surface area contributed by atoms with Gasteiger partial charge in [0.25, 0.3) is 0 Å². The van der Waals surface area contributed by atoms with Gasteiger partial charge in [-0.1, -0.05) is 0 Å². The lowest BCUT2D eigenvalue weighted by atomic mass is 9.93. The molecule has 1 aromatic carbocycles. The zero-order valence-corrected chi connectivity index (χ0v) is 12.4. The van der Waals surface area contributed by atoms with E-state index in [0.717, 1.165) is 24.3 Å². The number of hydrogen-bond acceptors (Lipinski definition) is 4. The molecule has 0 heterocycles. The van der Waals surface area contributed by atoms with Crippen LogP contribution in [0.3, 0.4) is 0 Å². The average molecular weight is 279 g/mol. The first-order valence-electron chi connectivity index (χ1n) is 7.33. The van der Waals surface area contributed by atoms with Crippen molar-refractivity contribution in [2.24, 2.45) is 0 Å². The molecule has 0 spiro atoms. The Morgan fingerprint density at radius 2 is 1.70 bits per heavy atom. The Balaban J connectivity index is 1.76. The maximum atomic E-state index is 5.55. The van der Waals surface area contributed by atoms with Gasteiger partial charge in [0.1, 0.15) is 12.4 Å². The Bertz CT molecular complexity index is 372. The van der Waals surface area contributed by atoms with Gasteiger partial charge >= 0.3 is 0 Å².